The van der Waals surface area contributed by atoms with E-state index in [1.807, 2.05) is 5.38 Å². The molecule has 11 heteroatoms. The Bertz CT molecular complexity index is 512. The van der Waals surface area contributed by atoms with E-state index in [9.17, 15) is 4.21 Å². The second-order valence-electron chi connectivity index (χ2n) is 3.65. The number of aliphatic imine (C=N–C) groups is 1. The van der Waals surface area contributed by atoms with Crippen LogP contribution in [0.25, 0.3) is 0 Å². The first-order valence-corrected chi connectivity index (χ1v) is 8.63. The van der Waals surface area contributed by atoms with Gasteiger partial charge in [0, 0.05) is 16.8 Å². The summed E-state index contributed by atoms with van der Waals surface area (Å²) >= 11 is 0.962. The van der Waals surface area contributed by atoms with Crippen LogP contribution in [0.2, 0.25) is 0 Å². The zero-order valence-corrected chi connectivity index (χ0v) is 13.2. The van der Waals surface area contributed by atoms with E-state index in [0.717, 1.165) is 29.3 Å². The number of nitrogens with two attached hydrogens (primary N) is 2. The number of hydrazone groups is 1. The molecule has 0 aliphatic carbocycles. The van der Waals surface area contributed by atoms with Gasteiger partial charge in [-0.2, -0.15) is 21.9 Å². The van der Waals surface area contributed by atoms with E-state index in [0.29, 0.717) is 5.13 Å². The fourth-order valence-corrected chi connectivity index (χ4v) is 3.08. The van der Waals surface area contributed by atoms with Crippen molar-refractivity contribution in [3.05, 3.63) is 11.1 Å². The second-order valence-corrected chi connectivity index (χ2v) is 6.27. The summed E-state index contributed by atoms with van der Waals surface area (Å²) in [6.07, 6.45) is 0.722. The van der Waals surface area contributed by atoms with Gasteiger partial charge in [-0.15, -0.1) is 11.3 Å². The van der Waals surface area contributed by atoms with E-state index < -0.39 is 11.3 Å². The molecule has 0 radical (unpaired) electrons. The summed E-state index contributed by atoms with van der Waals surface area (Å²) < 4.78 is 18.8. The van der Waals surface area contributed by atoms with Gasteiger partial charge >= 0.3 is 0 Å². The Morgan fingerprint density at radius 3 is 3.05 bits per heavy atom. The van der Waals surface area contributed by atoms with Crippen molar-refractivity contribution in [3.8, 4) is 0 Å². The number of thioether (sulfide) groups is 1. The molecule has 1 heterocycles. The lowest BCUT2D eigenvalue weighted by Gasteiger charge is -2.00. The second kappa shape index (κ2) is 8.89. The lowest BCUT2D eigenvalue weighted by atomic mass is 10.3. The molecule has 1 unspecified atom stereocenters. The third kappa shape index (κ3) is 7.43. The Kier molecular flexibility index (Phi) is 7.51. The minimum Gasteiger partial charge on any atom is -0.370 e. The van der Waals surface area contributed by atoms with Gasteiger partial charge in [-0.05, 0) is 19.1 Å². The highest BCUT2D eigenvalue weighted by Crippen LogP contribution is 2.21. The van der Waals surface area contributed by atoms with E-state index in [1.54, 1.807) is 18.7 Å². The third-order valence-corrected chi connectivity index (χ3v) is 3.96. The fraction of sp³-hybridized carbons (Fsp3) is 0.444. The lowest BCUT2D eigenvalue weighted by Crippen LogP contribution is -2.21. The molecular formula is C9H16N6O2S3. The van der Waals surface area contributed by atoms with Gasteiger partial charge in [-0.25, -0.2) is 14.0 Å². The third-order valence-electron chi connectivity index (χ3n) is 1.94. The van der Waals surface area contributed by atoms with Crippen LogP contribution in [0, 0.1) is 0 Å². The highest BCUT2D eigenvalue weighted by molar-refractivity contribution is 7.98. The van der Waals surface area contributed by atoms with Crippen LogP contribution in [0.5, 0.6) is 0 Å². The van der Waals surface area contributed by atoms with Gasteiger partial charge in [0.15, 0.2) is 5.96 Å². The van der Waals surface area contributed by atoms with Gasteiger partial charge in [-0.3, -0.25) is 4.55 Å². The molecule has 0 spiro atoms. The Labute approximate surface area is 127 Å². The van der Waals surface area contributed by atoms with Crippen molar-refractivity contribution in [2.45, 2.75) is 19.1 Å². The number of hydrogen-bond donors (Lipinski definition) is 4. The Morgan fingerprint density at radius 2 is 2.40 bits per heavy atom. The lowest BCUT2D eigenvalue weighted by molar-refractivity contribution is 0.551. The molecule has 0 aliphatic rings. The first-order valence-electron chi connectivity index (χ1n) is 5.49. The van der Waals surface area contributed by atoms with Crippen LogP contribution in [0.3, 0.4) is 0 Å². The van der Waals surface area contributed by atoms with Crippen molar-refractivity contribution >= 4 is 51.2 Å². The summed E-state index contributed by atoms with van der Waals surface area (Å²) in [6, 6.07) is 0. The maximum Gasteiger partial charge on any atom is 0.275 e. The standard InChI is InChI=1S/C9H16N6O2S3/c1-6(14-15-20(16)17)2-3-18-4-7-5-19-9(12-7)13-8(10)11/h5,15H,2-4H2,1H3,(H,16,17)(H4,10,11,12,13)/b14-6-. The molecular weight excluding hydrogens is 320 g/mol. The molecule has 6 N–H and O–H groups in total. The molecule has 1 aromatic rings. The van der Waals surface area contributed by atoms with Gasteiger partial charge in [-0.1, -0.05) is 0 Å². The molecule has 1 rings (SSSR count). The summed E-state index contributed by atoms with van der Waals surface area (Å²) in [5.74, 6) is 1.59. The van der Waals surface area contributed by atoms with Crippen molar-refractivity contribution < 1.29 is 8.76 Å². The molecule has 1 atom stereocenters. The number of hydrogen-bond acceptors (Lipinski definition) is 6. The summed E-state index contributed by atoms with van der Waals surface area (Å²) in [5, 5.41) is 6.21. The average molecular weight is 336 g/mol. The predicted octanol–water partition coefficient (Wildman–Crippen LogP) is 0.774. The molecule has 0 saturated carbocycles. The van der Waals surface area contributed by atoms with Crippen LogP contribution in [0.1, 0.15) is 19.0 Å². The average Bonchev–Trinajstić information content (AvgIpc) is 2.79. The van der Waals surface area contributed by atoms with Crippen molar-refractivity contribution in [2.75, 3.05) is 5.75 Å². The number of nitrogens with one attached hydrogen (secondary N) is 1. The van der Waals surface area contributed by atoms with E-state index in [1.165, 1.54) is 11.3 Å². The van der Waals surface area contributed by atoms with Gasteiger partial charge in [0.2, 0.25) is 5.13 Å². The number of thiazole rings is 1. The summed E-state index contributed by atoms with van der Waals surface area (Å²) in [4.78, 5) is 10.2. The normalized spacial score (nSPS) is 13.0. The van der Waals surface area contributed by atoms with Crippen molar-refractivity contribution in [1.82, 2.24) is 9.82 Å². The Balaban J connectivity index is 2.27. The van der Waals surface area contributed by atoms with E-state index in [4.69, 9.17) is 16.0 Å². The summed E-state index contributed by atoms with van der Waals surface area (Å²) in [5.41, 5.74) is 12.2. The van der Waals surface area contributed by atoms with E-state index in [-0.39, 0.29) is 5.96 Å². The predicted molar refractivity (Wildman–Crippen MR) is 85.4 cm³/mol. The monoisotopic (exact) mass is 336 g/mol. The van der Waals surface area contributed by atoms with Crippen molar-refractivity contribution in [2.24, 2.45) is 21.6 Å². The first-order chi connectivity index (χ1) is 9.47. The SMILES string of the molecule is C/C(CCSCc1csc(N=C(N)N)n1)=N/NS(=O)O. The van der Waals surface area contributed by atoms with Crippen LogP contribution >= 0.6 is 23.1 Å². The first kappa shape index (κ1) is 16.9. The highest BCUT2D eigenvalue weighted by Gasteiger charge is 2.02. The summed E-state index contributed by atoms with van der Waals surface area (Å²) in [6.45, 7) is 1.79. The molecule has 1 aromatic heterocycles. The smallest absolute Gasteiger partial charge is 0.275 e. The zero-order valence-electron chi connectivity index (χ0n) is 10.8. The quantitative estimate of drug-likeness (QED) is 0.182. The van der Waals surface area contributed by atoms with Crippen molar-refractivity contribution in [3.63, 3.8) is 0 Å². The van der Waals surface area contributed by atoms with Crippen LogP contribution < -0.4 is 16.3 Å². The molecule has 112 valence electrons. The minimum atomic E-state index is -2.11. The topological polar surface area (TPSA) is 139 Å². The van der Waals surface area contributed by atoms with Gasteiger partial charge in [0.05, 0.1) is 5.69 Å². The van der Waals surface area contributed by atoms with Crippen LogP contribution in [-0.4, -0.2) is 31.2 Å². The maximum absolute atomic E-state index is 10.3. The largest absolute Gasteiger partial charge is 0.370 e. The summed E-state index contributed by atoms with van der Waals surface area (Å²) in [7, 11) is 0. The number of guanidine groups is 1. The molecule has 20 heavy (non-hydrogen) atoms. The molecule has 0 bridgehead atoms. The fourth-order valence-electron chi connectivity index (χ4n) is 1.09. The van der Waals surface area contributed by atoms with Crippen LogP contribution in [0.4, 0.5) is 5.13 Å². The molecule has 0 aliphatic heterocycles. The molecule has 0 fully saturated rings. The van der Waals surface area contributed by atoms with Crippen LogP contribution in [-0.2, 0) is 17.0 Å². The molecule has 0 saturated heterocycles. The van der Waals surface area contributed by atoms with Gasteiger partial charge < -0.3 is 11.5 Å². The number of nitrogens with zero attached hydrogens (tertiary/aromatic N) is 3. The molecule has 0 amide bonds. The van der Waals surface area contributed by atoms with Crippen molar-refractivity contribution in [1.29, 1.82) is 0 Å². The number of aromatic nitrogens is 1. The zero-order chi connectivity index (χ0) is 15.0. The van der Waals surface area contributed by atoms with Gasteiger partial charge in [0.25, 0.3) is 11.3 Å². The minimum absolute atomic E-state index is 0.000778. The van der Waals surface area contributed by atoms with E-state index in [2.05, 4.69) is 19.9 Å². The van der Waals surface area contributed by atoms with Crippen LogP contribution in [0.15, 0.2) is 15.5 Å². The highest BCUT2D eigenvalue weighted by atomic mass is 32.2. The Morgan fingerprint density at radius 1 is 1.65 bits per heavy atom. The van der Waals surface area contributed by atoms with Gasteiger partial charge in [0.1, 0.15) is 0 Å². The maximum atomic E-state index is 10.3. The molecule has 0 aromatic carbocycles. The number of rotatable bonds is 8. The van der Waals surface area contributed by atoms with E-state index >= 15 is 0 Å². The Hall–Kier alpha value is -1.17. The molecule has 8 nitrogen and oxygen atoms in total.